The molecule has 110 valence electrons. The molecule has 0 atom stereocenters. The maximum absolute atomic E-state index is 6.08. The number of hydrogen-bond acceptors (Lipinski definition) is 4. The monoisotopic (exact) mass is 283 g/mol. The second-order valence-electron chi connectivity index (χ2n) is 5.49. The van der Waals surface area contributed by atoms with Gasteiger partial charge in [0.1, 0.15) is 5.82 Å². The Hall–Kier alpha value is -1.91. The standard InChI is InChI=1S/C17H21N3O/c1-13-10-16(17(18)19-11-13)15-5-3-2-4-14(15)12-20-6-8-21-9-7-20/h2-5,10-11H,6-9,12H2,1H3,(H2,18,19). The Kier molecular flexibility index (Phi) is 4.18. The minimum Gasteiger partial charge on any atom is -0.383 e. The normalized spacial score (nSPS) is 16.0. The fourth-order valence-electron chi connectivity index (χ4n) is 2.72. The average molecular weight is 283 g/mol. The molecule has 1 aliphatic rings. The Balaban J connectivity index is 1.93. The zero-order chi connectivity index (χ0) is 14.7. The fraction of sp³-hybridized carbons (Fsp3) is 0.353. The quantitative estimate of drug-likeness (QED) is 0.940. The molecule has 21 heavy (non-hydrogen) atoms. The van der Waals surface area contributed by atoms with E-state index < -0.39 is 0 Å². The molecule has 4 heteroatoms. The van der Waals surface area contributed by atoms with E-state index in [2.05, 4.69) is 40.2 Å². The van der Waals surface area contributed by atoms with E-state index in [1.165, 1.54) is 11.1 Å². The molecule has 4 nitrogen and oxygen atoms in total. The largest absolute Gasteiger partial charge is 0.383 e. The van der Waals surface area contributed by atoms with Crippen LogP contribution in [0.4, 0.5) is 5.82 Å². The number of aromatic nitrogens is 1. The van der Waals surface area contributed by atoms with Gasteiger partial charge in [-0.05, 0) is 29.7 Å². The van der Waals surface area contributed by atoms with Crippen molar-refractivity contribution in [2.24, 2.45) is 0 Å². The van der Waals surface area contributed by atoms with Gasteiger partial charge in [-0.15, -0.1) is 0 Å². The van der Waals surface area contributed by atoms with E-state index in [-0.39, 0.29) is 0 Å². The number of nitrogens with zero attached hydrogens (tertiary/aromatic N) is 2. The number of aryl methyl sites for hydroxylation is 1. The third-order valence-corrected chi connectivity index (χ3v) is 3.86. The summed E-state index contributed by atoms with van der Waals surface area (Å²) in [6, 6.07) is 10.5. The van der Waals surface area contributed by atoms with E-state index in [9.17, 15) is 0 Å². The molecular formula is C17H21N3O. The second kappa shape index (κ2) is 6.24. The molecular weight excluding hydrogens is 262 g/mol. The third kappa shape index (κ3) is 3.23. The third-order valence-electron chi connectivity index (χ3n) is 3.86. The molecule has 1 aromatic carbocycles. The molecule has 2 heterocycles. The lowest BCUT2D eigenvalue weighted by atomic mass is 9.98. The number of benzene rings is 1. The molecule has 3 rings (SSSR count). The number of pyridine rings is 1. The van der Waals surface area contributed by atoms with E-state index in [0.29, 0.717) is 5.82 Å². The van der Waals surface area contributed by atoms with Crippen molar-refractivity contribution in [2.75, 3.05) is 32.0 Å². The summed E-state index contributed by atoms with van der Waals surface area (Å²) in [7, 11) is 0. The Morgan fingerprint density at radius 1 is 1.19 bits per heavy atom. The van der Waals surface area contributed by atoms with Crippen LogP contribution >= 0.6 is 0 Å². The van der Waals surface area contributed by atoms with Gasteiger partial charge in [0.05, 0.1) is 13.2 Å². The van der Waals surface area contributed by atoms with Gasteiger partial charge in [-0.25, -0.2) is 4.98 Å². The highest BCUT2D eigenvalue weighted by Crippen LogP contribution is 2.29. The highest BCUT2D eigenvalue weighted by molar-refractivity contribution is 5.76. The SMILES string of the molecule is Cc1cnc(N)c(-c2ccccc2CN2CCOCC2)c1. The van der Waals surface area contributed by atoms with Gasteiger partial charge in [-0.1, -0.05) is 24.3 Å². The van der Waals surface area contributed by atoms with Crippen LogP contribution in [0.2, 0.25) is 0 Å². The van der Waals surface area contributed by atoms with Crippen molar-refractivity contribution in [2.45, 2.75) is 13.5 Å². The molecule has 2 aromatic rings. The Morgan fingerprint density at radius 2 is 1.95 bits per heavy atom. The molecule has 0 spiro atoms. The first-order valence-corrected chi connectivity index (χ1v) is 7.34. The zero-order valence-electron chi connectivity index (χ0n) is 12.4. The van der Waals surface area contributed by atoms with E-state index in [4.69, 9.17) is 10.5 Å². The van der Waals surface area contributed by atoms with Crippen molar-refractivity contribution in [1.82, 2.24) is 9.88 Å². The maximum atomic E-state index is 6.08. The predicted octanol–water partition coefficient (Wildman–Crippen LogP) is 2.47. The van der Waals surface area contributed by atoms with Gasteiger partial charge in [0, 0.05) is 31.4 Å². The lowest BCUT2D eigenvalue weighted by Gasteiger charge is -2.27. The summed E-state index contributed by atoms with van der Waals surface area (Å²) in [4.78, 5) is 6.71. The first kappa shape index (κ1) is 14.0. The number of rotatable bonds is 3. The minimum atomic E-state index is 0.593. The number of ether oxygens (including phenoxy) is 1. The van der Waals surface area contributed by atoms with Crippen molar-refractivity contribution in [1.29, 1.82) is 0 Å². The first-order chi connectivity index (χ1) is 10.2. The summed E-state index contributed by atoms with van der Waals surface area (Å²) >= 11 is 0. The number of anilines is 1. The number of nitrogen functional groups attached to an aromatic ring is 1. The molecule has 0 amide bonds. The maximum Gasteiger partial charge on any atom is 0.131 e. The van der Waals surface area contributed by atoms with Gasteiger partial charge in [0.2, 0.25) is 0 Å². The van der Waals surface area contributed by atoms with Crippen LogP contribution in [0.3, 0.4) is 0 Å². The highest BCUT2D eigenvalue weighted by atomic mass is 16.5. The van der Waals surface area contributed by atoms with Gasteiger partial charge in [-0.2, -0.15) is 0 Å². The van der Waals surface area contributed by atoms with E-state index in [1.54, 1.807) is 0 Å². The first-order valence-electron chi connectivity index (χ1n) is 7.34. The highest BCUT2D eigenvalue weighted by Gasteiger charge is 2.14. The van der Waals surface area contributed by atoms with Gasteiger partial charge in [-0.3, -0.25) is 4.90 Å². The molecule has 1 aromatic heterocycles. The average Bonchev–Trinajstić information content (AvgIpc) is 2.51. The number of morpholine rings is 1. The second-order valence-corrected chi connectivity index (χ2v) is 5.49. The summed E-state index contributed by atoms with van der Waals surface area (Å²) < 4.78 is 5.42. The van der Waals surface area contributed by atoms with Crippen molar-refractivity contribution < 1.29 is 4.74 Å². The van der Waals surface area contributed by atoms with Crippen LogP contribution in [0.25, 0.3) is 11.1 Å². The predicted molar refractivity (Wildman–Crippen MR) is 84.9 cm³/mol. The lowest BCUT2D eigenvalue weighted by Crippen LogP contribution is -2.35. The molecule has 1 saturated heterocycles. The van der Waals surface area contributed by atoms with Gasteiger partial charge in [0.25, 0.3) is 0 Å². The number of nitrogens with two attached hydrogens (primary N) is 1. The zero-order valence-corrected chi connectivity index (χ0v) is 12.4. The Bertz CT molecular complexity index is 621. The summed E-state index contributed by atoms with van der Waals surface area (Å²) in [6.07, 6.45) is 1.81. The summed E-state index contributed by atoms with van der Waals surface area (Å²) in [5, 5.41) is 0. The van der Waals surface area contributed by atoms with E-state index in [0.717, 1.165) is 44.0 Å². The Morgan fingerprint density at radius 3 is 2.76 bits per heavy atom. The van der Waals surface area contributed by atoms with Crippen LogP contribution in [0.1, 0.15) is 11.1 Å². The van der Waals surface area contributed by atoms with Crippen LogP contribution in [0, 0.1) is 6.92 Å². The fourth-order valence-corrected chi connectivity index (χ4v) is 2.72. The topological polar surface area (TPSA) is 51.4 Å². The molecule has 0 radical (unpaired) electrons. The van der Waals surface area contributed by atoms with Crippen LogP contribution in [-0.4, -0.2) is 36.2 Å². The number of hydrogen-bond donors (Lipinski definition) is 1. The van der Waals surface area contributed by atoms with Crippen LogP contribution < -0.4 is 5.73 Å². The summed E-state index contributed by atoms with van der Waals surface area (Å²) in [6.45, 7) is 6.56. The molecule has 0 unspecified atom stereocenters. The molecule has 1 fully saturated rings. The smallest absolute Gasteiger partial charge is 0.131 e. The minimum absolute atomic E-state index is 0.593. The Labute approximate surface area is 125 Å². The van der Waals surface area contributed by atoms with Crippen molar-refractivity contribution in [3.8, 4) is 11.1 Å². The molecule has 2 N–H and O–H groups in total. The van der Waals surface area contributed by atoms with Crippen LogP contribution in [0.5, 0.6) is 0 Å². The molecule has 0 aliphatic carbocycles. The lowest BCUT2D eigenvalue weighted by molar-refractivity contribution is 0.0342. The van der Waals surface area contributed by atoms with Gasteiger partial charge in [0.15, 0.2) is 0 Å². The van der Waals surface area contributed by atoms with Gasteiger partial charge >= 0.3 is 0 Å². The van der Waals surface area contributed by atoms with Crippen LogP contribution in [0.15, 0.2) is 36.5 Å². The molecule has 0 saturated carbocycles. The van der Waals surface area contributed by atoms with E-state index in [1.807, 2.05) is 13.1 Å². The van der Waals surface area contributed by atoms with Gasteiger partial charge < -0.3 is 10.5 Å². The summed E-state index contributed by atoms with van der Waals surface area (Å²) in [5.74, 6) is 0.593. The molecule has 1 aliphatic heterocycles. The van der Waals surface area contributed by atoms with E-state index >= 15 is 0 Å². The van der Waals surface area contributed by atoms with Crippen LogP contribution in [-0.2, 0) is 11.3 Å². The summed E-state index contributed by atoms with van der Waals surface area (Å²) in [5.41, 5.74) is 10.7. The van der Waals surface area contributed by atoms with Crippen molar-refractivity contribution in [3.05, 3.63) is 47.7 Å². The van der Waals surface area contributed by atoms with Crippen molar-refractivity contribution >= 4 is 5.82 Å². The van der Waals surface area contributed by atoms with Crippen molar-refractivity contribution in [3.63, 3.8) is 0 Å². The molecule has 0 bridgehead atoms.